The molecular formula is C21H16N4O3. The fourth-order valence-corrected chi connectivity index (χ4v) is 2.97. The minimum Gasteiger partial charge on any atom is -0.322 e. The smallest absolute Gasteiger partial charge is 0.261 e. The Morgan fingerprint density at radius 3 is 2.61 bits per heavy atom. The Morgan fingerprint density at radius 1 is 0.964 bits per heavy atom. The molecule has 28 heavy (non-hydrogen) atoms. The highest BCUT2D eigenvalue weighted by molar-refractivity contribution is 6.05. The van der Waals surface area contributed by atoms with Gasteiger partial charge in [0.1, 0.15) is 11.4 Å². The summed E-state index contributed by atoms with van der Waals surface area (Å²) in [5.41, 5.74) is 1.70. The number of nitrogens with zero attached hydrogens (tertiary/aromatic N) is 1. The molecule has 0 radical (unpaired) electrons. The Bertz CT molecular complexity index is 1320. The number of para-hydroxylation sites is 1. The van der Waals surface area contributed by atoms with Crippen molar-refractivity contribution in [3.8, 4) is 11.4 Å². The minimum atomic E-state index is -0.519. The highest BCUT2D eigenvalue weighted by Crippen LogP contribution is 2.19. The number of aryl methyl sites for hydroxylation is 1. The first-order valence-corrected chi connectivity index (χ1v) is 8.61. The molecule has 0 spiro atoms. The van der Waals surface area contributed by atoms with Crippen molar-refractivity contribution in [3.63, 3.8) is 0 Å². The van der Waals surface area contributed by atoms with E-state index in [4.69, 9.17) is 0 Å². The molecular weight excluding hydrogens is 356 g/mol. The zero-order valence-corrected chi connectivity index (χ0v) is 14.9. The van der Waals surface area contributed by atoms with Crippen molar-refractivity contribution in [3.05, 3.63) is 92.6 Å². The van der Waals surface area contributed by atoms with E-state index in [1.807, 2.05) is 18.2 Å². The van der Waals surface area contributed by atoms with Crippen molar-refractivity contribution in [2.75, 3.05) is 5.32 Å². The first-order chi connectivity index (χ1) is 13.5. The van der Waals surface area contributed by atoms with Gasteiger partial charge in [-0.05, 0) is 36.6 Å². The van der Waals surface area contributed by atoms with Gasteiger partial charge in [-0.25, -0.2) is 4.98 Å². The summed E-state index contributed by atoms with van der Waals surface area (Å²) in [6.07, 6.45) is 0. The van der Waals surface area contributed by atoms with Crippen LogP contribution in [0.1, 0.15) is 16.1 Å². The van der Waals surface area contributed by atoms with E-state index in [0.717, 1.165) is 5.39 Å². The summed E-state index contributed by atoms with van der Waals surface area (Å²) in [5.74, 6) is -0.112. The lowest BCUT2D eigenvalue weighted by Crippen LogP contribution is -2.23. The molecule has 7 heteroatoms. The summed E-state index contributed by atoms with van der Waals surface area (Å²) in [5, 5.41) is 3.49. The van der Waals surface area contributed by atoms with Crippen LogP contribution in [0, 0.1) is 6.92 Å². The summed E-state index contributed by atoms with van der Waals surface area (Å²) >= 11 is 0. The molecule has 0 saturated heterocycles. The molecule has 0 saturated carbocycles. The molecule has 4 rings (SSSR count). The zero-order chi connectivity index (χ0) is 19.7. The van der Waals surface area contributed by atoms with E-state index in [-0.39, 0.29) is 11.1 Å². The second-order valence-electron chi connectivity index (χ2n) is 6.37. The van der Waals surface area contributed by atoms with Crippen LogP contribution in [0.3, 0.4) is 0 Å². The number of hydrogen-bond donors (Lipinski definition) is 3. The van der Waals surface area contributed by atoms with E-state index in [9.17, 15) is 14.4 Å². The Balaban J connectivity index is 1.66. The van der Waals surface area contributed by atoms with Gasteiger partial charge >= 0.3 is 0 Å². The summed E-state index contributed by atoms with van der Waals surface area (Å²) in [6, 6.07) is 17.1. The maximum atomic E-state index is 12.6. The molecule has 1 amide bonds. The van der Waals surface area contributed by atoms with E-state index in [1.165, 1.54) is 6.07 Å². The molecule has 7 nitrogen and oxygen atoms in total. The van der Waals surface area contributed by atoms with Gasteiger partial charge in [0.05, 0.1) is 0 Å². The van der Waals surface area contributed by atoms with Crippen LogP contribution >= 0.6 is 0 Å². The average Bonchev–Trinajstić information content (AvgIpc) is 2.67. The standard InChI is InChI=1S/C21H16N4O3/c1-12-9-18(26)25-19(22-12)14-6-4-7-15(10-14)23-20(27)16-11-13-5-2-3-8-17(13)24-21(16)28/h2-11H,1H3,(H,23,27)(H,24,28)(H,22,25,26). The number of nitrogens with one attached hydrogen (secondary N) is 3. The molecule has 0 fully saturated rings. The molecule has 3 N–H and O–H groups in total. The number of fused-ring (bicyclic) bond motifs is 1. The highest BCUT2D eigenvalue weighted by Gasteiger charge is 2.13. The Morgan fingerprint density at radius 2 is 1.79 bits per heavy atom. The fourth-order valence-electron chi connectivity index (χ4n) is 2.97. The molecule has 0 atom stereocenters. The van der Waals surface area contributed by atoms with E-state index in [2.05, 4.69) is 20.3 Å². The summed E-state index contributed by atoms with van der Waals surface area (Å²) in [6.45, 7) is 1.73. The van der Waals surface area contributed by atoms with Gasteiger partial charge in [0.25, 0.3) is 17.0 Å². The molecule has 0 aliphatic carbocycles. The van der Waals surface area contributed by atoms with Crippen LogP contribution in [0.5, 0.6) is 0 Å². The topological polar surface area (TPSA) is 108 Å². The third-order valence-corrected chi connectivity index (χ3v) is 4.26. The van der Waals surface area contributed by atoms with Crippen molar-refractivity contribution < 1.29 is 4.79 Å². The predicted molar refractivity (Wildman–Crippen MR) is 108 cm³/mol. The lowest BCUT2D eigenvalue weighted by atomic mass is 10.1. The quantitative estimate of drug-likeness (QED) is 0.514. The largest absolute Gasteiger partial charge is 0.322 e. The number of carbonyl (C=O) groups is 1. The average molecular weight is 372 g/mol. The summed E-state index contributed by atoms with van der Waals surface area (Å²) < 4.78 is 0. The van der Waals surface area contributed by atoms with E-state index in [1.54, 1.807) is 43.3 Å². The lowest BCUT2D eigenvalue weighted by Gasteiger charge is -2.08. The lowest BCUT2D eigenvalue weighted by molar-refractivity contribution is 0.102. The van der Waals surface area contributed by atoms with Crippen LogP contribution in [-0.2, 0) is 0 Å². The van der Waals surface area contributed by atoms with Crippen LogP contribution in [0.2, 0.25) is 0 Å². The zero-order valence-electron chi connectivity index (χ0n) is 14.9. The highest BCUT2D eigenvalue weighted by atomic mass is 16.2. The number of anilines is 1. The van der Waals surface area contributed by atoms with Crippen molar-refractivity contribution in [2.45, 2.75) is 6.92 Å². The van der Waals surface area contributed by atoms with Crippen LogP contribution in [0.4, 0.5) is 5.69 Å². The van der Waals surface area contributed by atoms with Gasteiger partial charge in [0.2, 0.25) is 0 Å². The molecule has 0 aliphatic heterocycles. The van der Waals surface area contributed by atoms with Gasteiger partial charge in [0, 0.05) is 28.5 Å². The number of rotatable bonds is 3. The molecule has 138 valence electrons. The Kier molecular flexibility index (Phi) is 4.33. The maximum Gasteiger partial charge on any atom is 0.261 e. The predicted octanol–water partition coefficient (Wildman–Crippen LogP) is 2.84. The van der Waals surface area contributed by atoms with Gasteiger partial charge in [-0.2, -0.15) is 0 Å². The number of H-pyrrole nitrogens is 2. The second kappa shape index (κ2) is 6.96. The normalized spacial score (nSPS) is 10.8. The number of benzene rings is 2. The first-order valence-electron chi connectivity index (χ1n) is 8.61. The van der Waals surface area contributed by atoms with Crippen LogP contribution in [0.25, 0.3) is 22.3 Å². The van der Waals surface area contributed by atoms with Gasteiger partial charge in [-0.15, -0.1) is 0 Å². The number of amides is 1. The van der Waals surface area contributed by atoms with Crippen molar-refractivity contribution in [2.24, 2.45) is 0 Å². The number of aromatic amines is 2. The molecule has 2 aromatic heterocycles. The van der Waals surface area contributed by atoms with E-state index >= 15 is 0 Å². The molecule has 4 aromatic rings. The number of aromatic nitrogens is 3. The van der Waals surface area contributed by atoms with Crippen molar-refractivity contribution in [1.82, 2.24) is 15.0 Å². The Hall–Kier alpha value is -4.00. The molecule has 0 unspecified atom stereocenters. The third-order valence-electron chi connectivity index (χ3n) is 4.26. The summed E-state index contributed by atoms with van der Waals surface area (Å²) in [4.78, 5) is 46.3. The second-order valence-corrected chi connectivity index (χ2v) is 6.37. The maximum absolute atomic E-state index is 12.6. The van der Waals surface area contributed by atoms with Gasteiger partial charge in [-0.3, -0.25) is 14.4 Å². The van der Waals surface area contributed by atoms with Crippen molar-refractivity contribution >= 4 is 22.5 Å². The van der Waals surface area contributed by atoms with E-state index in [0.29, 0.717) is 28.3 Å². The van der Waals surface area contributed by atoms with Crippen molar-refractivity contribution in [1.29, 1.82) is 0 Å². The number of carbonyl (C=O) groups excluding carboxylic acids is 1. The molecule has 0 bridgehead atoms. The van der Waals surface area contributed by atoms with Crippen LogP contribution in [0.15, 0.2) is 70.3 Å². The SMILES string of the molecule is Cc1cc(=O)[nH]c(-c2cccc(NC(=O)c3cc4ccccc4[nH]c3=O)c2)n1. The number of pyridine rings is 1. The van der Waals surface area contributed by atoms with Gasteiger partial charge < -0.3 is 15.3 Å². The fraction of sp³-hybridized carbons (Fsp3) is 0.0476. The monoisotopic (exact) mass is 372 g/mol. The molecule has 2 aromatic carbocycles. The molecule has 0 aliphatic rings. The van der Waals surface area contributed by atoms with E-state index < -0.39 is 11.5 Å². The number of hydrogen-bond acceptors (Lipinski definition) is 4. The van der Waals surface area contributed by atoms with Crippen LogP contribution < -0.4 is 16.4 Å². The third kappa shape index (κ3) is 3.45. The van der Waals surface area contributed by atoms with Crippen LogP contribution in [-0.4, -0.2) is 20.9 Å². The Labute approximate surface area is 159 Å². The molecule has 2 heterocycles. The van der Waals surface area contributed by atoms with Gasteiger partial charge in [0.15, 0.2) is 0 Å². The van der Waals surface area contributed by atoms with Gasteiger partial charge in [-0.1, -0.05) is 30.3 Å². The minimum absolute atomic E-state index is 0.0196. The summed E-state index contributed by atoms with van der Waals surface area (Å²) in [7, 11) is 0. The first kappa shape index (κ1) is 17.4.